The fraction of sp³-hybridized carbons (Fsp3) is 0.190. The van der Waals surface area contributed by atoms with Gasteiger partial charge >= 0.3 is 23.8 Å². The van der Waals surface area contributed by atoms with Crippen LogP contribution in [-0.2, 0) is 4.79 Å². The molecule has 0 aliphatic carbocycles. The molecule has 0 fully saturated rings. The Labute approximate surface area is 188 Å². The van der Waals surface area contributed by atoms with Gasteiger partial charge in [0.25, 0.3) is 0 Å². The van der Waals surface area contributed by atoms with Crippen LogP contribution in [0.25, 0.3) is 11.4 Å². The number of benzene rings is 2. The van der Waals surface area contributed by atoms with Gasteiger partial charge in [-0.2, -0.15) is 4.98 Å². The molecule has 1 heterocycles. The van der Waals surface area contributed by atoms with Crippen LogP contribution in [0.3, 0.4) is 0 Å². The van der Waals surface area contributed by atoms with Gasteiger partial charge in [0.15, 0.2) is 0 Å². The lowest BCUT2D eigenvalue weighted by atomic mass is 10.1. The van der Waals surface area contributed by atoms with Gasteiger partial charge in [0, 0.05) is 22.0 Å². The molecule has 0 saturated heterocycles. The number of carbonyl (C=O) groups excluding carboxylic acids is 2. The number of anilines is 2. The smallest absolute Gasteiger partial charge is 0.326 e. The molecule has 0 radical (unpaired) electrons. The molecule has 32 heavy (non-hydrogen) atoms. The third-order valence-corrected chi connectivity index (χ3v) is 4.56. The zero-order valence-corrected chi connectivity index (χ0v) is 17.9. The van der Waals surface area contributed by atoms with Crippen molar-refractivity contribution in [1.29, 1.82) is 0 Å². The van der Waals surface area contributed by atoms with Gasteiger partial charge in [-0.1, -0.05) is 36.7 Å². The predicted octanol–water partition coefficient (Wildman–Crippen LogP) is 3.87. The van der Waals surface area contributed by atoms with Crippen LogP contribution in [0.15, 0.2) is 53.1 Å². The van der Waals surface area contributed by atoms with Crippen molar-refractivity contribution in [2.75, 3.05) is 10.6 Å². The zero-order valence-electron chi connectivity index (χ0n) is 17.1. The van der Waals surface area contributed by atoms with Gasteiger partial charge in [0.2, 0.25) is 5.82 Å². The average molecular weight is 458 g/mol. The molecule has 10 nitrogen and oxygen atoms in total. The van der Waals surface area contributed by atoms with Crippen molar-refractivity contribution < 1.29 is 24.0 Å². The third-order valence-electron chi connectivity index (χ3n) is 4.32. The number of carboxylic acid groups (broad SMARTS) is 1. The number of carbonyl (C=O) groups is 3. The van der Waals surface area contributed by atoms with Crippen molar-refractivity contribution >= 4 is 40.9 Å². The normalized spacial score (nSPS) is 11.6. The van der Waals surface area contributed by atoms with Crippen molar-refractivity contribution in [3.8, 4) is 11.4 Å². The summed E-state index contributed by atoms with van der Waals surface area (Å²) in [5.74, 6) is -2.47. The highest BCUT2D eigenvalue weighted by Gasteiger charge is 2.26. The van der Waals surface area contributed by atoms with Crippen LogP contribution in [0, 0.1) is 5.92 Å². The van der Waals surface area contributed by atoms with E-state index in [4.69, 9.17) is 16.1 Å². The van der Waals surface area contributed by atoms with Gasteiger partial charge in [0.05, 0.1) is 0 Å². The first-order valence-corrected chi connectivity index (χ1v) is 9.92. The molecule has 1 atom stereocenters. The van der Waals surface area contributed by atoms with Gasteiger partial charge in [-0.25, -0.2) is 9.59 Å². The van der Waals surface area contributed by atoms with Crippen LogP contribution in [-0.4, -0.2) is 39.2 Å². The largest absolute Gasteiger partial charge is 0.480 e. The highest BCUT2D eigenvalue weighted by molar-refractivity contribution is 6.30. The van der Waals surface area contributed by atoms with Crippen LogP contribution in [0.1, 0.15) is 24.5 Å². The monoisotopic (exact) mass is 457 g/mol. The maximum Gasteiger partial charge on any atom is 0.326 e. The van der Waals surface area contributed by atoms with E-state index in [1.807, 2.05) is 0 Å². The fourth-order valence-corrected chi connectivity index (χ4v) is 2.90. The Bertz CT molecular complexity index is 1130. The van der Waals surface area contributed by atoms with Crippen LogP contribution in [0.2, 0.25) is 5.02 Å². The maximum absolute atomic E-state index is 12.2. The van der Waals surface area contributed by atoms with Gasteiger partial charge in [-0.3, -0.25) is 4.79 Å². The summed E-state index contributed by atoms with van der Waals surface area (Å²) in [4.78, 5) is 39.6. The summed E-state index contributed by atoms with van der Waals surface area (Å²) in [6.07, 6.45) is 0. The number of halogens is 1. The minimum Gasteiger partial charge on any atom is -0.480 e. The summed E-state index contributed by atoms with van der Waals surface area (Å²) in [5.41, 5.74) is 1.59. The number of rotatable bonds is 7. The van der Waals surface area contributed by atoms with E-state index in [9.17, 15) is 19.5 Å². The van der Waals surface area contributed by atoms with Crippen LogP contribution >= 0.6 is 11.6 Å². The van der Waals surface area contributed by atoms with Crippen LogP contribution in [0.5, 0.6) is 0 Å². The lowest BCUT2D eigenvalue weighted by molar-refractivity contribution is -0.140. The lowest BCUT2D eigenvalue weighted by Gasteiger charge is -2.16. The molecule has 2 aromatic carbocycles. The van der Waals surface area contributed by atoms with Gasteiger partial charge in [-0.05, 0) is 48.4 Å². The summed E-state index contributed by atoms with van der Waals surface area (Å²) >= 11 is 5.90. The number of hydrogen-bond acceptors (Lipinski definition) is 6. The number of carboxylic acids is 1. The number of urea groups is 1. The standard InChI is InChI=1S/C21H20ClN5O5/c1-11(2)16(20(29)30)25-18(28)19-26-17(27-32-19)12-6-8-14(9-7-12)23-21(31)24-15-5-3-4-13(22)10-15/h3-11,16H,1-2H3,(H,25,28)(H,29,30)(H2,23,24,31)/t16-/m0/s1. The van der Waals surface area contributed by atoms with E-state index in [1.165, 1.54) is 0 Å². The molecule has 11 heteroatoms. The first-order chi connectivity index (χ1) is 15.2. The number of amides is 3. The summed E-state index contributed by atoms with van der Waals surface area (Å²) in [6, 6.07) is 11.7. The third kappa shape index (κ3) is 5.82. The minimum absolute atomic E-state index is 0.140. The topological polar surface area (TPSA) is 146 Å². The molecule has 3 aromatic rings. The summed E-state index contributed by atoms with van der Waals surface area (Å²) in [5, 5.41) is 21.1. The summed E-state index contributed by atoms with van der Waals surface area (Å²) in [7, 11) is 0. The first-order valence-electron chi connectivity index (χ1n) is 9.54. The van der Waals surface area contributed by atoms with E-state index in [-0.39, 0.29) is 17.6 Å². The summed E-state index contributed by atoms with van der Waals surface area (Å²) < 4.78 is 4.96. The molecule has 4 N–H and O–H groups in total. The highest BCUT2D eigenvalue weighted by Crippen LogP contribution is 2.20. The molecule has 166 valence electrons. The van der Waals surface area contributed by atoms with Crippen LogP contribution < -0.4 is 16.0 Å². The molecule has 3 amide bonds. The SMILES string of the molecule is CC(C)[C@H](NC(=O)c1nc(-c2ccc(NC(=O)Nc3cccc(Cl)c3)cc2)no1)C(=O)O. The van der Waals surface area contributed by atoms with E-state index in [1.54, 1.807) is 62.4 Å². The van der Waals surface area contributed by atoms with Gasteiger partial charge in [-0.15, -0.1) is 0 Å². The molecule has 3 rings (SSSR count). The molecule has 1 aromatic heterocycles. The fourth-order valence-electron chi connectivity index (χ4n) is 2.71. The predicted molar refractivity (Wildman–Crippen MR) is 118 cm³/mol. The molecule has 0 unspecified atom stereocenters. The maximum atomic E-state index is 12.2. The second-order valence-electron chi connectivity index (χ2n) is 7.12. The number of aliphatic carboxylic acids is 1. The quantitative estimate of drug-likeness (QED) is 0.421. The second-order valence-corrected chi connectivity index (χ2v) is 7.56. The number of nitrogens with one attached hydrogen (secondary N) is 3. The van der Waals surface area contributed by atoms with Crippen molar-refractivity contribution in [2.24, 2.45) is 5.92 Å². The number of aromatic nitrogens is 2. The number of hydrogen-bond donors (Lipinski definition) is 4. The second kappa shape index (κ2) is 9.92. The van der Waals surface area contributed by atoms with Crippen molar-refractivity contribution in [3.63, 3.8) is 0 Å². The Balaban J connectivity index is 1.62. The minimum atomic E-state index is -1.16. The van der Waals surface area contributed by atoms with E-state index >= 15 is 0 Å². The van der Waals surface area contributed by atoms with Gasteiger partial charge < -0.3 is 25.6 Å². The highest BCUT2D eigenvalue weighted by atomic mass is 35.5. The van der Waals surface area contributed by atoms with E-state index in [2.05, 4.69) is 26.1 Å². The van der Waals surface area contributed by atoms with Crippen molar-refractivity contribution in [2.45, 2.75) is 19.9 Å². The summed E-state index contributed by atoms with van der Waals surface area (Å²) in [6.45, 7) is 3.34. The Morgan fingerprint density at radius 3 is 2.34 bits per heavy atom. The molecule has 0 aliphatic heterocycles. The number of nitrogens with zero attached hydrogens (tertiary/aromatic N) is 2. The molecule has 0 aliphatic rings. The molecular weight excluding hydrogens is 438 g/mol. The zero-order chi connectivity index (χ0) is 23.3. The molecular formula is C21H20ClN5O5. The molecule has 0 spiro atoms. The Kier molecular flexibility index (Phi) is 7.06. The van der Waals surface area contributed by atoms with Crippen LogP contribution in [0.4, 0.5) is 16.2 Å². The molecule has 0 saturated carbocycles. The van der Waals surface area contributed by atoms with E-state index in [0.717, 1.165) is 0 Å². The van der Waals surface area contributed by atoms with E-state index < -0.39 is 23.9 Å². The first kappa shape index (κ1) is 22.8. The Morgan fingerprint density at radius 2 is 1.72 bits per heavy atom. The Hall–Kier alpha value is -3.92. The van der Waals surface area contributed by atoms with Gasteiger partial charge in [0.1, 0.15) is 6.04 Å². The van der Waals surface area contributed by atoms with Crippen molar-refractivity contribution in [3.05, 3.63) is 59.4 Å². The lowest BCUT2D eigenvalue weighted by Crippen LogP contribution is -2.44. The van der Waals surface area contributed by atoms with E-state index in [0.29, 0.717) is 22.0 Å². The average Bonchev–Trinajstić information content (AvgIpc) is 3.22. The molecule has 0 bridgehead atoms. The van der Waals surface area contributed by atoms with Crippen molar-refractivity contribution in [1.82, 2.24) is 15.5 Å². The Morgan fingerprint density at radius 1 is 1.03 bits per heavy atom.